The van der Waals surface area contributed by atoms with Crippen LogP contribution in [-0.2, 0) is 12.8 Å². The summed E-state index contributed by atoms with van der Waals surface area (Å²) in [5, 5.41) is 2.93. The molecule has 0 aliphatic rings. The van der Waals surface area contributed by atoms with E-state index in [2.05, 4.69) is 27.2 Å². The van der Waals surface area contributed by atoms with Crippen LogP contribution in [0.2, 0.25) is 0 Å². The molecule has 0 radical (unpaired) electrons. The van der Waals surface area contributed by atoms with Gasteiger partial charge in [-0.3, -0.25) is 9.78 Å². The van der Waals surface area contributed by atoms with Crippen LogP contribution < -0.4 is 10.2 Å². The number of anilines is 2. The Morgan fingerprint density at radius 2 is 1.78 bits per heavy atom. The minimum atomic E-state index is -0.207. The molecule has 0 aliphatic carbocycles. The van der Waals surface area contributed by atoms with E-state index in [0.29, 0.717) is 11.5 Å². The predicted octanol–water partition coefficient (Wildman–Crippen LogP) is 3.37. The first-order valence-corrected chi connectivity index (χ1v) is 8.98. The quantitative estimate of drug-likeness (QED) is 0.699. The molecule has 1 aromatic carbocycles. The lowest BCUT2D eigenvalue weighted by molar-refractivity contribution is 0.102. The molecule has 2 heterocycles. The van der Waals surface area contributed by atoms with Crippen LogP contribution in [0.1, 0.15) is 28.4 Å². The third kappa shape index (κ3) is 4.88. The van der Waals surface area contributed by atoms with Gasteiger partial charge in [-0.15, -0.1) is 0 Å². The van der Waals surface area contributed by atoms with Crippen LogP contribution in [-0.4, -0.2) is 34.5 Å². The van der Waals surface area contributed by atoms with Crippen molar-refractivity contribution < 1.29 is 4.79 Å². The number of benzene rings is 1. The molecule has 3 aromatic rings. The first kappa shape index (κ1) is 18.5. The summed E-state index contributed by atoms with van der Waals surface area (Å²) >= 11 is 0. The second kappa shape index (κ2) is 8.89. The van der Waals surface area contributed by atoms with Crippen molar-refractivity contribution >= 4 is 17.5 Å². The Morgan fingerprint density at radius 3 is 2.48 bits per heavy atom. The van der Waals surface area contributed by atoms with Gasteiger partial charge in [-0.25, -0.2) is 9.97 Å². The molecule has 0 fully saturated rings. The number of carbonyl (C=O) groups is 1. The van der Waals surface area contributed by atoms with Gasteiger partial charge in [0, 0.05) is 44.1 Å². The average Bonchev–Trinajstić information content (AvgIpc) is 2.73. The number of amides is 1. The van der Waals surface area contributed by atoms with Crippen molar-refractivity contribution in [2.45, 2.75) is 19.8 Å². The molecule has 0 spiro atoms. The fourth-order valence-electron chi connectivity index (χ4n) is 2.73. The fourth-order valence-corrected chi connectivity index (χ4v) is 2.73. The van der Waals surface area contributed by atoms with Gasteiger partial charge in [-0.05, 0) is 42.2 Å². The molecule has 0 saturated heterocycles. The summed E-state index contributed by atoms with van der Waals surface area (Å²) in [6, 6.07) is 11.8. The zero-order valence-electron chi connectivity index (χ0n) is 15.6. The Labute approximate surface area is 159 Å². The Kier molecular flexibility index (Phi) is 6.10. The molecule has 138 valence electrons. The van der Waals surface area contributed by atoms with Crippen molar-refractivity contribution in [1.29, 1.82) is 0 Å². The Hall–Kier alpha value is -3.28. The number of para-hydroxylation sites is 1. The number of nitrogens with one attached hydrogen (secondary N) is 1. The monoisotopic (exact) mass is 361 g/mol. The minimum Gasteiger partial charge on any atom is -0.344 e. The Balaban J connectivity index is 1.61. The van der Waals surface area contributed by atoms with Gasteiger partial charge >= 0.3 is 0 Å². The molecule has 27 heavy (non-hydrogen) atoms. The van der Waals surface area contributed by atoms with E-state index in [1.807, 2.05) is 48.3 Å². The van der Waals surface area contributed by atoms with Crippen LogP contribution >= 0.6 is 0 Å². The van der Waals surface area contributed by atoms with Gasteiger partial charge in [0.1, 0.15) is 0 Å². The van der Waals surface area contributed by atoms with E-state index in [4.69, 9.17) is 0 Å². The lowest BCUT2D eigenvalue weighted by Crippen LogP contribution is -2.23. The number of aromatic nitrogens is 3. The molecule has 6 nitrogen and oxygen atoms in total. The first-order chi connectivity index (χ1) is 13.2. The number of nitrogens with zero attached hydrogens (tertiary/aromatic N) is 4. The van der Waals surface area contributed by atoms with Gasteiger partial charge in [-0.1, -0.05) is 25.1 Å². The van der Waals surface area contributed by atoms with Crippen molar-refractivity contribution in [3.05, 3.63) is 77.9 Å². The molecule has 2 aromatic heterocycles. The predicted molar refractivity (Wildman–Crippen MR) is 107 cm³/mol. The maximum Gasteiger partial charge on any atom is 0.258 e. The summed E-state index contributed by atoms with van der Waals surface area (Å²) in [4.78, 5) is 27.1. The van der Waals surface area contributed by atoms with E-state index in [0.717, 1.165) is 30.6 Å². The van der Waals surface area contributed by atoms with Crippen molar-refractivity contribution in [3.8, 4) is 0 Å². The molecule has 1 amide bonds. The van der Waals surface area contributed by atoms with E-state index < -0.39 is 0 Å². The molecule has 6 heteroatoms. The largest absolute Gasteiger partial charge is 0.344 e. The SMILES string of the molecule is CCc1ccccc1NC(=O)c1cnc(N(C)CCc2ccncc2)nc1. The van der Waals surface area contributed by atoms with Gasteiger partial charge < -0.3 is 10.2 Å². The Morgan fingerprint density at radius 1 is 1.07 bits per heavy atom. The number of rotatable bonds is 7. The first-order valence-electron chi connectivity index (χ1n) is 8.98. The molecule has 0 bridgehead atoms. The number of pyridine rings is 1. The zero-order valence-corrected chi connectivity index (χ0v) is 15.6. The summed E-state index contributed by atoms with van der Waals surface area (Å²) < 4.78 is 0. The van der Waals surface area contributed by atoms with Crippen molar-refractivity contribution in [2.75, 3.05) is 23.8 Å². The highest BCUT2D eigenvalue weighted by Gasteiger charge is 2.11. The number of likely N-dealkylation sites (N-methyl/N-ethyl adjacent to an activating group) is 1. The van der Waals surface area contributed by atoms with Gasteiger partial charge in [-0.2, -0.15) is 0 Å². The van der Waals surface area contributed by atoms with Crippen LogP contribution in [0.25, 0.3) is 0 Å². The van der Waals surface area contributed by atoms with E-state index in [9.17, 15) is 4.79 Å². The van der Waals surface area contributed by atoms with Crippen LogP contribution in [0.3, 0.4) is 0 Å². The topological polar surface area (TPSA) is 71.0 Å². The third-order valence-electron chi connectivity index (χ3n) is 4.37. The lowest BCUT2D eigenvalue weighted by atomic mass is 10.1. The summed E-state index contributed by atoms with van der Waals surface area (Å²) in [5.74, 6) is 0.386. The second-order valence-electron chi connectivity index (χ2n) is 6.26. The van der Waals surface area contributed by atoms with Gasteiger partial charge in [0.05, 0.1) is 5.56 Å². The molecule has 0 unspecified atom stereocenters. The minimum absolute atomic E-state index is 0.207. The van der Waals surface area contributed by atoms with Gasteiger partial charge in [0.15, 0.2) is 0 Å². The normalized spacial score (nSPS) is 10.4. The number of hydrogen-bond acceptors (Lipinski definition) is 5. The molecule has 0 saturated carbocycles. The van der Waals surface area contributed by atoms with Crippen LogP contribution in [0.5, 0.6) is 0 Å². The van der Waals surface area contributed by atoms with E-state index in [1.54, 1.807) is 24.8 Å². The van der Waals surface area contributed by atoms with E-state index in [1.165, 1.54) is 5.56 Å². The number of aryl methyl sites for hydroxylation is 1. The van der Waals surface area contributed by atoms with Crippen molar-refractivity contribution in [1.82, 2.24) is 15.0 Å². The van der Waals surface area contributed by atoms with Crippen LogP contribution in [0.15, 0.2) is 61.2 Å². The number of hydrogen-bond donors (Lipinski definition) is 1. The molecule has 0 atom stereocenters. The van der Waals surface area contributed by atoms with Gasteiger partial charge in [0.2, 0.25) is 5.95 Å². The molecule has 0 aliphatic heterocycles. The second-order valence-corrected chi connectivity index (χ2v) is 6.26. The summed E-state index contributed by atoms with van der Waals surface area (Å²) in [5.41, 5.74) is 3.57. The third-order valence-corrected chi connectivity index (χ3v) is 4.37. The summed E-state index contributed by atoms with van der Waals surface area (Å²) in [6.07, 6.45) is 8.43. The molecular formula is C21H23N5O. The molecular weight excluding hydrogens is 338 g/mol. The molecule has 3 rings (SSSR count). The Bertz CT molecular complexity index is 881. The maximum atomic E-state index is 12.5. The lowest BCUT2D eigenvalue weighted by Gasteiger charge is -2.17. The van der Waals surface area contributed by atoms with Crippen molar-refractivity contribution in [2.24, 2.45) is 0 Å². The highest BCUT2D eigenvalue weighted by Crippen LogP contribution is 2.16. The van der Waals surface area contributed by atoms with Gasteiger partial charge in [0.25, 0.3) is 5.91 Å². The fraction of sp³-hybridized carbons (Fsp3) is 0.238. The van der Waals surface area contributed by atoms with E-state index in [-0.39, 0.29) is 5.91 Å². The molecule has 1 N–H and O–H groups in total. The van der Waals surface area contributed by atoms with E-state index >= 15 is 0 Å². The van der Waals surface area contributed by atoms with Crippen LogP contribution in [0.4, 0.5) is 11.6 Å². The van der Waals surface area contributed by atoms with Crippen molar-refractivity contribution in [3.63, 3.8) is 0 Å². The highest BCUT2D eigenvalue weighted by atomic mass is 16.1. The summed E-state index contributed by atoms with van der Waals surface area (Å²) in [6.45, 7) is 2.84. The smallest absolute Gasteiger partial charge is 0.258 e. The highest BCUT2D eigenvalue weighted by molar-refractivity contribution is 6.04. The van der Waals surface area contributed by atoms with Crippen LogP contribution in [0, 0.1) is 0 Å². The standard InChI is InChI=1S/C21H23N5O/c1-3-17-6-4-5-7-19(17)25-20(27)18-14-23-21(24-15-18)26(2)13-10-16-8-11-22-12-9-16/h4-9,11-12,14-15H,3,10,13H2,1-2H3,(H,25,27). The maximum absolute atomic E-state index is 12.5. The number of carbonyl (C=O) groups excluding carboxylic acids is 1. The average molecular weight is 361 g/mol. The summed E-state index contributed by atoms with van der Waals surface area (Å²) in [7, 11) is 1.94. The zero-order chi connectivity index (χ0) is 19.1.